The molecular formula is C10H11BF3KO. The van der Waals surface area contributed by atoms with Crippen molar-refractivity contribution in [1.82, 2.24) is 0 Å². The molecule has 82 valence electrons. The van der Waals surface area contributed by atoms with E-state index in [-0.39, 0.29) is 64.6 Å². The molecule has 0 amide bonds. The third-order valence-electron chi connectivity index (χ3n) is 2.84. The van der Waals surface area contributed by atoms with E-state index in [1.165, 1.54) is 0 Å². The maximum Gasteiger partial charge on any atom is 1.00 e. The molecule has 0 aromatic heterocycles. The summed E-state index contributed by atoms with van der Waals surface area (Å²) in [4.78, 5) is 0. The molecule has 0 radical (unpaired) electrons. The van der Waals surface area contributed by atoms with Crippen LogP contribution in [0.15, 0.2) is 30.3 Å². The standard InChI is InChI=1S/C10H11BF3O.K/c12-11(13,14)10-7-15-6-9(10)8-4-2-1-3-5-8;/h1-5,9-10H,6-7H2;/q-1;+1/t9-,10-;/m0./s1. The molecule has 1 saturated heterocycles. The van der Waals surface area contributed by atoms with Gasteiger partial charge in [0, 0.05) is 6.61 Å². The molecule has 1 aliphatic rings. The second-order valence-electron chi connectivity index (χ2n) is 3.84. The second-order valence-corrected chi connectivity index (χ2v) is 3.84. The Labute approximate surface area is 135 Å². The average molecular weight is 254 g/mol. The molecule has 0 N–H and O–H groups in total. The Bertz CT molecular complexity index is 331. The monoisotopic (exact) mass is 254 g/mol. The summed E-state index contributed by atoms with van der Waals surface area (Å²) < 4.78 is 43.0. The van der Waals surface area contributed by atoms with Crippen LogP contribution in [0.4, 0.5) is 12.9 Å². The fraction of sp³-hybridized carbons (Fsp3) is 0.400. The first kappa shape index (κ1) is 14.7. The van der Waals surface area contributed by atoms with Gasteiger partial charge in [-0.1, -0.05) is 30.3 Å². The maximum absolute atomic E-state index is 12.7. The van der Waals surface area contributed by atoms with Crippen molar-refractivity contribution in [1.29, 1.82) is 0 Å². The Balaban J connectivity index is 0.00000128. The molecule has 1 aromatic carbocycles. The molecule has 0 bridgehead atoms. The summed E-state index contributed by atoms with van der Waals surface area (Å²) in [7, 11) is 0. The smallest absolute Gasteiger partial charge is 0.449 e. The molecule has 1 aromatic rings. The molecule has 0 saturated carbocycles. The molecular weight excluding hydrogens is 243 g/mol. The van der Waals surface area contributed by atoms with Gasteiger partial charge in [0.15, 0.2) is 0 Å². The van der Waals surface area contributed by atoms with Crippen molar-refractivity contribution in [2.75, 3.05) is 13.2 Å². The summed E-state index contributed by atoms with van der Waals surface area (Å²) in [6.07, 6.45) is 0. The fourth-order valence-corrected chi connectivity index (χ4v) is 1.99. The van der Waals surface area contributed by atoms with Crippen LogP contribution in [0, 0.1) is 0 Å². The van der Waals surface area contributed by atoms with Crippen LogP contribution in [0.1, 0.15) is 11.5 Å². The Hall–Kier alpha value is 0.671. The van der Waals surface area contributed by atoms with Gasteiger partial charge in [-0.3, -0.25) is 0 Å². The van der Waals surface area contributed by atoms with Crippen LogP contribution in [0.25, 0.3) is 0 Å². The van der Waals surface area contributed by atoms with Crippen molar-refractivity contribution in [3.05, 3.63) is 35.9 Å². The zero-order chi connectivity index (χ0) is 10.9. The van der Waals surface area contributed by atoms with Crippen LogP contribution in [-0.4, -0.2) is 20.2 Å². The van der Waals surface area contributed by atoms with Gasteiger partial charge in [-0.25, -0.2) is 0 Å². The van der Waals surface area contributed by atoms with Crippen LogP contribution in [-0.2, 0) is 4.74 Å². The first-order chi connectivity index (χ1) is 7.09. The SMILES string of the molecule is F[B-](F)(F)[C@H]1COC[C@H]1c1ccccc1.[K+]. The third kappa shape index (κ3) is 3.34. The number of rotatable bonds is 2. The van der Waals surface area contributed by atoms with Gasteiger partial charge in [-0.05, 0) is 17.3 Å². The number of halogens is 3. The molecule has 16 heavy (non-hydrogen) atoms. The Morgan fingerprint density at radius 2 is 1.69 bits per heavy atom. The molecule has 0 aliphatic carbocycles. The summed E-state index contributed by atoms with van der Waals surface area (Å²) in [6, 6.07) is 8.78. The zero-order valence-electron chi connectivity index (χ0n) is 9.08. The summed E-state index contributed by atoms with van der Waals surface area (Å²) in [5.74, 6) is -1.82. The van der Waals surface area contributed by atoms with Crippen LogP contribution in [0.2, 0.25) is 5.82 Å². The summed E-state index contributed by atoms with van der Waals surface area (Å²) in [5, 5.41) is 0. The van der Waals surface area contributed by atoms with E-state index in [0.717, 1.165) is 5.56 Å². The second kappa shape index (κ2) is 6.02. The van der Waals surface area contributed by atoms with Gasteiger partial charge < -0.3 is 17.7 Å². The predicted molar refractivity (Wildman–Crippen MR) is 52.8 cm³/mol. The minimum absolute atomic E-state index is 0. The topological polar surface area (TPSA) is 9.23 Å². The third-order valence-corrected chi connectivity index (χ3v) is 2.84. The first-order valence-corrected chi connectivity index (χ1v) is 4.91. The van der Waals surface area contributed by atoms with Crippen molar-refractivity contribution in [3.63, 3.8) is 0 Å². The van der Waals surface area contributed by atoms with E-state index < -0.39 is 18.7 Å². The molecule has 1 heterocycles. The number of hydrogen-bond donors (Lipinski definition) is 0. The van der Waals surface area contributed by atoms with Crippen LogP contribution in [0.5, 0.6) is 0 Å². The summed E-state index contributed by atoms with van der Waals surface area (Å²) >= 11 is 0. The van der Waals surface area contributed by atoms with Crippen LogP contribution >= 0.6 is 0 Å². The van der Waals surface area contributed by atoms with Gasteiger partial charge in [0.2, 0.25) is 0 Å². The summed E-state index contributed by atoms with van der Waals surface area (Å²) in [6.45, 7) is -4.83. The average Bonchev–Trinajstić information content (AvgIpc) is 2.67. The molecule has 6 heteroatoms. The minimum atomic E-state index is -4.81. The number of hydrogen-bond acceptors (Lipinski definition) is 1. The van der Waals surface area contributed by atoms with Gasteiger partial charge in [0.05, 0.1) is 6.61 Å². The van der Waals surface area contributed by atoms with Crippen LogP contribution < -0.4 is 51.4 Å². The quantitative estimate of drug-likeness (QED) is 0.676. The molecule has 2 rings (SSSR count). The normalized spacial score (nSPS) is 25.2. The van der Waals surface area contributed by atoms with E-state index in [2.05, 4.69) is 0 Å². The molecule has 1 fully saturated rings. The van der Waals surface area contributed by atoms with Crippen molar-refractivity contribution in [3.8, 4) is 0 Å². The van der Waals surface area contributed by atoms with Gasteiger partial charge in [0.25, 0.3) is 0 Å². The van der Waals surface area contributed by atoms with Crippen molar-refractivity contribution in [2.45, 2.75) is 11.7 Å². The number of ether oxygens (including phenoxy) is 1. The van der Waals surface area contributed by atoms with Crippen molar-refractivity contribution >= 4 is 6.98 Å². The van der Waals surface area contributed by atoms with Crippen molar-refractivity contribution < 1.29 is 69.1 Å². The van der Waals surface area contributed by atoms with E-state index in [4.69, 9.17) is 4.74 Å². The largest absolute Gasteiger partial charge is 1.00 e. The van der Waals surface area contributed by atoms with Gasteiger partial charge >= 0.3 is 58.4 Å². The maximum atomic E-state index is 12.7. The van der Waals surface area contributed by atoms with E-state index in [1.54, 1.807) is 30.3 Å². The molecule has 0 unspecified atom stereocenters. The molecule has 1 nitrogen and oxygen atoms in total. The van der Waals surface area contributed by atoms with Crippen LogP contribution in [0.3, 0.4) is 0 Å². The predicted octanol–water partition coefficient (Wildman–Crippen LogP) is 0.0220. The minimum Gasteiger partial charge on any atom is -0.449 e. The van der Waals surface area contributed by atoms with E-state index in [0.29, 0.717) is 0 Å². The van der Waals surface area contributed by atoms with Gasteiger partial charge in [0.1, 0.15) is 0 Å². The zero-order valence-corrected chi connectivity index (χ0v) is 12.2. The fourth-order valence-electron chi connectivity index (χ4n) is 1.99. The van der Waals surface area contributed by atoms with Gasteiger partial charge in [-0.15, -0.1) is 0 Å². The van der Waals surface area contributed by atoms with Crippen molar-refractivity contribution in [2.24, 2.45) is 0 Å². The van der Waals surface area contributed by atoms with E-state index in [1.807, 2.05) is 0 Å². The Kier molecular flexibility index (Phi) is 5.54. The van der Waals surface area contributed by atoms with Gasteiger partial charge in [-0.2, -0.15) is 0 Å². The first-order valence-electron chi connectivity index (χ1n) is 4.91. The van der Waals surface area contributed by atoms with E-state index in [9.17, 15) is 12.9 Å². The number of benzene rings is 1. The Morgan fingerprint density at radius 1 is 1.06 bits per heavy atom. The summed E-state index contributed by atoms with van der Waals surface area (Å²) in [5.41, 5.74) is 0.721. The van der Waals surface area contributed by atoms with E-state index >= 15 is 0 Å². The molecule has 2 atom stereocenters. The Morgan fingerprint density at radius 3 is 2.25 bits per heavy atom. The molecule has 0 spiro atoms. The molecule has 1 aliphatic heterocycles.